The average Bonchev–Trinajstić information content (AvgIpc) is 2.50. The first-order chi connectivity index (χ1) is 9.81. The zero-order valence-electron chi connectivity index (χ0n) is 12.9. The zero-order chi connectivity index (χ0) is 14.2. The van der Waals surface area contributed by atoms with Crippen molar-refractivity contribution < 1.29 is 4.74 Å². The lowest BCUT2D eigenvalue weighted by atomic mass is 9.96. The van der Waals surface area contributed by atoms with E-state index in [1.54, 1.807) is 0 Å². The minimum absolute atomic E-state index is 0.793. The standard InChI is InChI=1S/C17H28N2O/c1-3-15-5-4-10-19(14-15)11-12-20-17-8-6-16(7-9-17)13-18-2/h6-9,15,18H,3-5,10-14H2,1-2H3. The summed E-state index contributed by atoms with van der Waals surface area (Å²) < 4.78 is 5.85. The van der Waals surface area contributed by atoms with E-state index in [2.05, 4.69) is 41.4 Å². The van der Waals surface area contributed by atoms with Crippen LogP contribution in [0.15, 0.2) is 24.3 Å². The van der Waals surface area contributed by atoms with Crippen LogP contribution >= 0.6 is 0 Å². The Morgan fingerprint density at radius 1 is 1.30 bits per heavy atom. The van der Waals surface area contributed by atoms with Gasteiger partial charge in [0.1, 0.15) is 12.4 Å². The van der Waals surface area contributed by atoms with Crippen molar-refractivity contribution in [2.75, 3.05) is 33.3 Å². The topological polar surface area (TPSA) is 24.5 Å². The van der Waals surface area contributed by atoms with E-state index in [0.717, 1.165) is 31.4 Å². The van der Waals surface area contributed by atoms with Gasteiger partial charge in [-0.05, 0) is 50.0 Å². The molecule has 1 aromatic rings. The van der Waals surface area contributed by atoms with Crippen LogP contribution < -0.4 is 10.1 Å². The summed E-state index contributed by atoms with van der Waals surface area (Å²) in [5, 5.41) is 3.15. The summed E-state index contributed by atoms with van der Waals surface area (Å²) in [5.41, 5.74) is 1.29. The Morgan fingerprint density at radius 3 is 2.80 bits per heavy atom. The van der Waals surface area contributed by atoms with Gasteiger partial charge in [0.15, 0.2) is 0 Å². The normalized spacial score (nSPS) is 20.0. The highest BCUT2D eigenvalue weighted by Gasteiger charge is 2.17. The van der Waals surface area contributed by atoms with E-state index in [1.165, 1.54) is 37.9 Å². The van der Waals surface area contributed by atoms with Gasteiger partial charge in [0.2, 0.25) is 0 Å². The largest absolute Gasteiger partial charge is 0.492 e. The predicted molar refractivity (Wildman–Crippen MR) is 84.2 cm³/mol. The van der Waals surface area contributed by atoms with Gasteiger partial charge in [-0.15, -0.1) is 0 Å². The Bertz CT molecular complexity index is 377. The van der Waals surface area contributed by atoms with E-state index < -0.39 is 0 Å². The van der Waals surface area contributed by atoms with Gasteiger partial charge >= 0.3 is 0 Å². The summed E-state index contributed by atoms with van der Waals surface area (Å²) in [4.78, 5) is 2.55. The lowest BCUT2D eigenvalue weighted by Gasteiger charge is -2.32. The highest BCUT2D eigenvalue weighted by molar-refractivity contribution is 5.27. The fourth-order valence-electron chi connectivity index (χ4n) is 2.89. The maximum atomic E-state index is 5.85. The Labute approximate surface area is 123 Å². The van der Waals surface area contributed by atoms with Crippen LogP contribution in [-0.2, 0) is 6.54 Å². The maximum absolute atomic E-state index is 5.85. The summed E-state index contributed by atoms with van der Waals surface area (Å²) in [5.74, 6) is 1.87. The number of nitrogens with one attached hydrogen (secondary N) is 1. The summed E-state index contributed by atoms with van der Waals surface area (Å²) in [7, 11) is 1.96. The fourth-order valence-corrected chi connectivity index (χ4v) is 2.89. The molecule has 20 heavy (non-hydrogen) atoms. The number of nitrogens with zero attached hydrogens (tertiary/aromatic N) is 1. The molecule has 0 aliphatic carbocycles. The summed E-state index contributed by atoms with van der Waals surface area (Å²) in [6.45, 7) is 7.54. The van der Waals surface area contributed by atoms with Crippen LogP contribution in [-0.4, -0.2) is 38.2 Å². The maximum Gasteiger partial charge on any atom is 0.119 e. The van der Waals surface area contributed by atoms with Crippen LogP contribution in [0.4, 0.5) is 0 Å². The van der Waals surface area contributed by atoms with Crippen molar-refractivity contribution in [3.05, 3.63) is 29.8 Å². The summed E-state index contributed by atoms with van der Waals surface area (Å²) >= 11 is 0. The molecule has 3 heteroatoms. The van der Waals surface area contributed by atoms with Crippen LogP contribution in [0.3, 0.4) is 0 Å². The Morgan fingerprint density at radius 2 is 2.10 bits per heavy atom. The average molecular weight is 276 g/mol. The Hall–Kier alpha value is -1.06. The molecule has 1 aromatic carbocycles. The molecule has 3 nitrogen and oxygen atoms in total. The first kappa shape index (κ1) is 15.3. The first-order valence-corrected chi connectivity index (χ1v) is 7.90. The number of piperidine rings is 1. The lowest BCUT2D eigenvalue weighted by Crippen LogP contribution is -2.37. The molecule has 1 aliphatic rings. The van der Waals surface area contributed by atoms with Crippen molar-refractivity contribution >= 4 is 0 Å². The second kappa shape index (κ2) is 8.28. The molecule has 0 spiro atoms. The molecule has 1 aliphatic heterocycles. The van der Waals surface area contributed by atoms with Crippen molar-refractivity contribution in [3.8, 4) is 5.75 Å². The van der Waals surface area contributed by atoms with E-state index in [0.29, 0.717) is 0 Å². The highest BCUT2D eigenvalue weighted by Crippen LogP contribution is 2.19. The summed E-state index contributed by atoms with van der Waals surface area (Å²) in [6, 6.07) is 8.38. The number of hydrogen-bond acceptors (Lipinski definition) is 3. The molecule has 1 saturated heterocycles. The number of hydrogen-bond donors (Lipinski definition) is 1. The second-order valence-corrected chi connectivity index (χ2v) is 5.74. The van der Waals surface area contributed by atoms with Crippen LogP contribution in [0, 0.1) is 5.92 Å². The molecule has 1 atom stereocenters. The van der Waals surface area contributed by atoms with Gasteiger partial charge in [0, 0.05) is 19.6 Å². The first-order valence-electron chi connectivity index (χ1n) is 7.90. The third-order valence-electron chi connectivity index (χ3n) is 4.16. The van der Waals surface area contributed by atoms with Gasteiger partial charge in [-0.25, -0.2) is 0 Å². The van der Waals surface area contributed by atoms with Gasteiger partial charge in [-0.1, -0.05) is 25.5 Å². The molecule has 1 fully saturated rings. The quantitative estimate of drug-likeness (QED) is 0.829. The van der Waals surface area contributed by atoms with Crippen molar-refractivity contribution in [3.63, 3.8) is 0 Å². The smallest absolute Gasteiger partial charge is 0.119 e. The van der Waals surface area contributed by atoms with Crippen LogP contribution in [0.25, 0.3) is 0 Å². The molecule has 0 aromatic heterocycles. The second-order valence-electron chi connectivity index (χ2n) is 5.74. The van der Waals surface area contributed by atoms with E-state index in [9.17, 15) is 0 Å². The highest BCUT2D eigenvalue weighted by atomic mass is 16.5. The minimum Gasteiger partial charge on any atom is -0.492 e. The molecule has 2 rings (SSSR count). The molecular weight excluding hydrogens is 248 g/mol. The van der Waals surface area contributed by atoms with Gasteiger partial charge in [-0.2, -0.15) is 0 Å². The van der Waals surface area contributed by atoms with Gasteiger partial charge in [0.05, 0.1) is 0 Å². The number of rotatable bonds is 7. The van der Waals surface area contributed by atoms with Crippen molar-refractivity contribution in [2.24, 2.45) is 5.92 Å². The van der Waals surface area contributed by atoms with Gasteiger partial charge in [-0.3, -0.25) is 4.90 Å². The van der Waals surface area contributed by atoms with Gasteiger partial charge < -0.3 is 10.1 Å². The van der Waals surface area contributed by atoms with E-state index >= 15 is 0 Å². The Balaban J connectivity index is 1.69. The van der Waals surface area contributed by atoms with Crippen molar-refractivity contribution in [1.82, 2.24) is 10.2 Å². The van der Waals surface area contributed by atoms with Crippen LogP contribution in [0.1, 0.15) is 31.7 Å². The van der Waals surface area contributed by atoms with Gasteiger partial charge in [0.25, 0.3) is 0 Å². The Kier molecular flexibility index (Phi) is 6.34. The van der Waals surface area contributed by atoms with E-state index in [4.69, 9.17) is 4.74 Å². The number of benzene rings is 1. The molecular formula is C17H28N2O. The third-order valence-corrected chi connectivity index (χ3v) is 4.16. The van der Waals surface area contributed by atoms with Crippen LogP contribution in [0.5, 0.6) is 5.75 Å². The fraction of sp³-hybridized carbons (Fsp3) is 0.647. The third kappa shape index (κ3) is 4.80. The van der Waals surface area contributed by atoms with Crippen LogP contribution in [0.2, 0.25) is 0 Å². The lowest BCUT2D eigenvalue weighted by molar-refractivity contribution is 0.145. The zero-order valence-corrected chi connectivity index (χ0v) is 12.9. The molecule has 0 bridgehead atoms. The number of ether oxygens (including phenoxy) is 1. The predicted octanol–water partition coefficient (Wildman–Crippen LogP) is 2.91. The number of likely N-dealkylation sites (tertiary alicyclic amines) is 1. The van der Waals surface area contributed by atoms with Crippen molar-refractivity contribution in [2.45, 2.75) is 32.7 Å². The van der Waals surface area contributed by atoms with E-state index in [-0.39, 0.29) is 0 Å². The molecule has 1 heterocycles. The molecule has 1 unspecified atom stereocenters. The summed E-state index contributed by atoms with van der Waals surface area (Å²) in [6.07, 6.45) is 4.06. The van der Waals surface area contributed by atoms with Crippen molar-refractivity contribution in [1.29, 1.82) is 0 Å². The monoisotopic (exact) mass is 276 g/mol. The SMILES string of the molecule is CCC1CCCN(CCOc2ccc(CNC)cc2)C1. The molecule has 0 amide bonds. The molecule has 1 N–H and O–H groups in total. The molecule has 0 radical (unpaired) electrons. The molecule has 0 saturated carbocycles. The molecule has 112 valence electrons. The van der Waals surface area contributed by atoms with E-state index in [1.807, 2.05) is 7.05 Å². The minimum atomic E-state index is 0.793.